The van der Waals surface area contributed by atoms with Crippen molar-refractivity contribution >= 4 is 23.4 Å². The van der Waals surface area contributed by atoms with Gasteiger partial charge in [0.2, 0.25) is 0 Å². The van der Waals surface area contributed by atoms with Crippen LogP contribution in [0.5, 0.6) is 0 Å². The van der Waals surface area contributed by atoms with E-state index in [0.29, 0.717) is 19.1 Å². The maximum absolute atomic E-state index is 13.4. The predicted molar refractivity (Wildman–Crippen MR) is 99.7 cm³/mol. The highest BCUT2D eigenvalue weighted by molar-refractivity contribution is 7.97. The van der Waals surface area contributed by atoms with E-state index in [1.165, 1.54) is 6.07 Å². The lowest BCUT2D eigenvalue weighted by atomic mass is 10.1. The van der Waals surface area contributed by atoms with Gasteiger partial charge in [-0.05, 0) is 35.6 Å². The van der Waals surface area contributed by atoms with E-state index in [4.69, 9.17) is 10.5 Å². The second-order valence-electron chi connectivity index (χ2n) is 5.26. The molecule has 2 rings (SSSR count). The zero-order valence-corrected chi connectivity index (χ0v) is 14.7. The molecule has 2 aromatic rings. The fourth-order valence-electron chi connectivity index (χ4n) is 2.31. The van der Waals surface area contributed by atoms with E-state index < -0.39 is 0 Å². The van der Waals surface area contributed by atoms with Crippen molar-refractivity contribution in [3.63, 3.8) is 0 Å². The first-order valence-corrected chi connectivity index (χ1v) is 8.93. The Balaban J connectivity index is 2.10. The van der Waals surface area contributed by atoms with Crippen molar-refractivity contribution in [2.75, 3.05) is 18.7 Å². The van der Waals surface area contributed by atoms with Crippen LogP contribution in [0.4, 0.5) is 10.1 Å². The summed E-state index contributed by atoms with van der Waals surface area (Å²) in [5, 5.41) is 3.10. The summed E-state index contributed by atoms with van der Waals surface area (Å²) in [6, 6.07) is 12.5. The average Bonchev–Trinajstić information content (AvgIpc) is 2.56. The summed E-state index contributed by atoms with van der Waals surface area (Å²) in [6.07, 6.45) is 1.99. The molecule has 0 aromatic heterocycles. The van der Waals surface area contributed by atoms with Crippen LogP contribution in [-0.4, -0.2) is 19.3 Å². The maximum atomic E-state index is 13.4. The van der Waals surface area contributed by atoms with Crippen molar-refractivity contribution in [3.8, 4) is 0 Å². The third-order valence-corrected chi connectivity index (χ3v) is 4.07. The normalized spacial score (nSPS) is 11.5. The van der Waals surface area contributed by atoms with E-state index >= 15 is 0 Å². The molecule has 0 unspecified atom stereocenters. The first-order chi connectivity index (χ1) is 11.6. The third-order valence-electron chi connectivity index (χ3n) is 3.47. The minimum Gasteiger partial charge on any atom is -0.380 e. The van der Waals surface area contributed by atoms with Crippen molar-refractivity contribution in [1.82, 2.24) is 0 Å². The summed E-state index contributed by atoms with van der Waals surface area (Å²) in [6.45, 7) is 0.897. The van der Waals surface area contributed by atoms with Gasteiger partial charge in [-0.25, -0.2) is 9.38 Å². The Labute approximate surface area is 146 Å². The van der Waals surface area contributed by atoms with Crippen LogP contribution in [0, 0.1) is 5.82 Å². The number of nitrogens with zero attached hydrogens (tertiary/aromatic N) is 1. The second-order valence-corrected chi connectivity index (χ2v) is 6.13. The highest BCUT2D eigenvalue weighted by Crippen LogP contribution is 2.18. The van der Waals surface area contributed by atoms with Crippen molar-refractivity contribution in [1.29, 1.82) is 0 Å². The Morgan fingerprint density at radius 1 is 1.21 bits per heavy atom. The average molecular weight is 347 g/mol. The largest absolute Gasteiger partial charge is 0.380 e. The molecule has 24 heavy (non-hydrogen) atoms. The molecule has 0 aliphatic carbocycles. The van der Waals surface area contributed by atoms with Crippen LogP contribution in [0.1, 0.15) is 16.7 Å². The van der Waals surface area contributed by atoms with Gasteiger partial charge >= 0.3 is 0 Å². The Kier molecular flexibility index (Phi) is 7.08. The molecule has 0 bridgehead atoms. The molecule has 3 N–H and O–H groups in total. The number of halogens is 1. The number of hydrogen-bond donors (Lipinski definition) is 2. The SMILES string of the molecule is COCc1ccccc1NC(N)=NCc1ccc(F)cc1CSC. The van der Waals surface area contributed by atoms with Crippen molar-refractivity contribution in [2.24, 2.45) is 10.7 Å². The molecule has 0 radical (unpaired) electrons. The lowest BCUT2D eigenvalue weighted by Gasteiger charge is -2.11. The number of methoxy groups -OCH3 is 1. The lowest BCUT2D eigenvalue weighted by Crippen LogP contribution is -2.23. The second kappa shape index (κ2) is 9.30. The molecule has 0 fully saturated rings. The van der Waals surface area contributed by atoms with Gasteiger partial charge < -0.3 is 15.8 Å². The van der Waals surface area contributed by atoms with Gasteiger partial charge in [0.25, 0.3) is 0 Å². The molecular formula is C18H22FN3OS. The van der Waals surface area contributed by atoms with Crippen LogP contribution in [-0.2, 0) is 23.6 Å². The van der Waals surface area contributed by atoms with E-state index in [-0.39, 0.29) is 5.82 Å². The maximum Gasteiger partial charge on any atom is 0.193 e. The minimum absolute atomic E-state index is 0.230. The molecule has 0 saturated carbocycles. The Morgan fingerprint density at radius 2 is 2.00 bits per heavy atom. The first-order valence-electron chi connectivity index (χ1n) is 7.54. The number of benzene rings is 2. The van der Waals surface area contributed by atoms with Crippen LogP contribution in [0.3, 0.4) is 0 Å². The van der Waals surface area contributed by atoms with Gasteiger partial charge in [-0.2, -0.15) is 11.8 Å². The fourth-order valence-corrected chi connectivity index (χ4v) is 2.89. The van der Waals surface area contributed by atoms with Crippen molar-refractivity contribution in [2.45, 2.75) is 18.9 Å². The number of aliphatic imine (C=N–C) groups is 1. The minimum atomic E-state index is -0.230. The number of para-hydroxylation sites is 1. The summed E-state index contributed by atoms with van der Waals surface area (Å²) in [4.78, 5) is 4.37. The van der Waals surface area contributed by atoms with Crippen LogP contribution in [0.15, 0.2) is 47.5 Å². The molecule has 2 aromatic carbocycles. The quantitative estimate of drug-likeness (QED) is 0.591. The standard InChI is InChI=1S/C18H22FN3OS/c1-23-11-14-5-3-4-6-17(14)22-18(20)21-10-13-7-8-16(19)9-15(13)12-24-2/h3-9H,10-12H2,1-2H3,(H3,20,21,22). The smallest absolute Gasteiger partial charge is 0.193 e. The molecule has 0 saturated heterocycles. The number of thioether (sulfide) groups is 1. The van der Waals surface area contributed by atoms with E-state index in [1.807, 2.05) is 30.5 Å². The number of rotatable bonds is 7. The Morgan fingerprint density at radius 3 is 2.75 bits per heavy atom. The van der Waals surface area contributed by atoms with E-state index in [2.05, 4.69) is 10.3 Å². The Hall–Kier alpha value is -2.05. The summed E-state index contributed by atoms with van der Waals surface area (Å²) in [7, 11) is 1.65. The van der Waals surface area contributed by atoms with E-state index in [1.54, 1.807) is 31.0 Å². The van der Waals surface area contributed by atoms with Gasteiger partial charge in [0.05, 0.1) is 13.2 Å². The number of hydrogen-bond acceptors (Lipinski definition) is 3. The summed E-state index contributed by atoms with van der Waals surface area (Å²) >= 11 is 1.65. The van der Waals surface area contributed by atoms with Gasteiger partial charge in [0.1, 0.15) is 5.82 Å². The predicted octanol–water partition coefficient (Wildman–Crippen LogP) is 3.76. The summed E-state index contributed by atoms with van der Waals surface area (Å²) in [5.41, 5.74) is 9.78. The van der Waals surface area contributed by atoms with E-state index in [0.717, 1.165) is 28.1 Å². The highest BCUT2D eigenvalue weighted by Gasteiger charge is 2.05. The molecule has 0 spiro atoms. The zero-order valence-electron chi connectivity index (χ0n) is 13.9. The number of guanidine groups is 1. The van der Waals surface area contributed by atoms with Crippen molar-refractivity contribution in [3.05, 3.63) is 65.0 Å². The van der Waals surface area contributed by atoms with Gasteiger partial charge in [0.15, 0.2) is 5.96 Å². The molecule has 128 valence electrons. The van der Waals surface area contributed by atoms with E-state index in [9.17, 15) is 4.39 Å². The van der Waals surface area contributed by atoms with Crippen LogP contribution in [0.2, 0.25) is 0 Å². The topological polar surface area (TPSA) is 59.6 Å². The fraction of sp³-hybridized carbons (Fsp3) is 0.278. The van der Waals surface area contributed by atoms with Gasteiger partial charge in [0, 0.05) is 24.1 Å². The number of nitrogens with two attached hydrogens (primary N) is 1. The molecule has 0 aliphatic rings. The summed E-state index contributed by atoms with van der Waals surface area (Å²) in [5.74, 6) is 0.830. The molecule has 6 heteroatoms. The van der Waals surface area contributed by atoms with Gasteiger partial charge in [-0.15, -0.1) is 0 Å². The van der Waals surface area contributed by atoms with Gasteiger partial charge in [-0.1, -0.05) is 24.3 Å². The van der Waals surface area contributed by atoms with Crippen LogP contribution in [0.25, 0.3) is 0 Å². The molecular weight excluding hydrogens is 325 g/mol. The lowest BCUT2D eigenvalue weighted by molar-refractivity contribution is 0.185. The first kappa shape index (κ1) is 18.3. The number of nitrogens with one attached hydrogen (secondary N) is 1. The molecule has 0 atom stereocenters. The van der Waals surface area contributed by atoms with Crippen LogP contribution >= 0.6 is 11.8 Å². The molecule has 0 aliphatic heterocycles. The Bertz CT molecular complexity index is 706. The number of ether oxygens (including phenoxy) is 1. The number of anilines is 1. The molecule has 0 amide bonds. The van der Waals surface area contributed by atoms with Crippen LogP contribution < -0.4 is 11.1 Å². The van der Waals surface area contributed by atoms with Crippen molar-refractivity contribution < 1.29 is 9.13 Å². The summed E-state index contributed by atoms with van der Waals surface area (Å²) < 4.78 is 18.6. The monoisotopic (exact) mass is 347 g/mol. The third kappa shape index (κ3) is 5.25. The zero-order chi connectivity index (χ0) is 17.4. The highest BCUT2D eigenvalue weighted by atomic mass is 32.2. The molecule has 0 heterocycles. The molecule has 4 nitrogen and oxygen atoms in total. The van der Waals surface area contributed by atoms with Gasteiger partial charge in [-0.3, -0.25) is 0 Å².